The molecule has 11 aromatic rings. The fourth-order valence-electron chi connectivity index (χ4n) is 8.33. The summed E-state index contributed by atoms with van der Waals surface area (Å²) < 4.78 is 11.2. The summed E-state index contributed by atoms with van der Waals surface area (Å²) in [5.41, 5.74) is 13.1. The minimum atomic E-state index is 0.597. The maximum atomic E-state index is 6.79. The number of nitrogens with two attached hydrogens (primary N) is 1. The van der Waals surface area contributed by atoms with E-state index in [1.54, 1.807) is 5.01 Å². The Morgan fingerprint density at radius 2 is 1.13 bits per heavy atom. The molecule has 2 N–H and O–H groups in total. The molecule has 260 valence electrons. The Bertz CT molecular complexity index is 3210. The van der Waals surface area contributed by atoms with Crippen LogP contribution in [-0.4, -0.2) is 14.1 Å². The molecule has 6 nitrogen and oxygen atoms in total. The molecule has 8 aromatic carbocycles. The largest absolute Gasteiger partial charge is 0.436 e. The third-order valence-electron chi connectivity index (χ3n) is 10.7. The van der Waals surface area contributed by atoms with Gasteiger partial charge in [0.1, 0.15) is 5.52 Å². The SMILES string of the molecule is NN(c1ccccc1)c1cccc(-n2c3ccc4oc(-c5ccccc5)nc4c3c3cccc(-n4c5ccccc5c5c(-c6ccccc6)cccc54)c32)c1. The van der Waals surface area contributed by atoms with Crippen molar-refractivity contribution in [1.82, 2.24) is 14.1 Å². The Morgan fingerprint density at radius 1 is 0.491 bits per heavy atom. The molecule has 0 unspecified atom stereocenters. The highest BCUT2D eigenvalue weighted by atomic mass is 16.3. The smallest absolute Gasteiger partial charge is 0.227 e. The van der Waals surface area contributed by atoms with Gasteiger partial charge in [-0.05, 0) is 83.9 Å². The molecule has 0 saturated heterocycles. The van der Waals surface area contributed by atoms with Crippen molar-refractivity contribution in [3.05, 3.63) is 188 Å². The minimum Gasteiger partial charge on any atom is -0.436 e. The van der Waals surface area contributed by atoms with Crippen LogP contribution in [0.25, 0.3) is 88.7 Å². The van der Waals surface area contributed by atoms with E-state index in [9.17, 15) is 0 Å². The van der Waals surface area contributed by atoms with Gasteiger partial charge in [-0.2, -0.15) is 0 Å². The molecular weight excluding hydrogens is 675 g/mol. The second kappa shape index (κ2) is 12.3. The first-order valence-electron chi connectivity index (χ1n) is 18.4. The highest BCUT2D eigenvalue weighted by Crippen LogP contribution is 2.44. The summed E-state index contributed by atoms with van der Waals surface area (Å²) in [6, 6.07) is 65.4. The van der Waals surface area contributed by atoms with E-state index in [1.807, 2.05) is 72.8 Å². The number of nitrogens with zero attached hydrogens (tertiary/aromatic N) is 4. The summed E-state index contributed by atoms with van der Waals surface area (Å²) in [4.78, 5) is 5.18. The number of aromatic nitrogens is 3. The van der Waals surface area contributed by atoms with Gasteiger partial charge in [-0.3, -0.25) is 5.01 Å². The zero-order valence-corrected chi connectivity index (χ0v) is 29.7. The standard InChI is InChI=1S/C49H33N5O/c50-54(34-19-8-3-9-20-34)36-22-12-21-35(31-36)52-42-29-30-44-47(51-49(55-44)33-17-6-2-7-18-33)46(42)39-25-14-28-43(48(39)52)53-40-26-11-10-23-38(40)45-37(24-13-27-41(45)53)32-15-4-1-5-16-32/h1-31H,50H2. The topological polar surface area (TPSA) is 65.2 Å². The molecule has 0 amide bonds. The van der Waals surface area contributed by atoms with Crippen LogP contribution in [-0.2, 0) is 0 Å². The van der Waals surface area contributed by atoms with Gasteiger partial charge in [-0.25, -0.2) is 10.8 Å². The van der Waals surface area contributed by atoms with Gasteiger partial charge in [0.05, 0.1) is 39.1 Å². The number of fused-ring (bicyclic) bond motifs is 8. The first-order valence-corrected chi connectivity index (χ1v) is 18.4. The van der Waals surface area contributed by atoms with Crippen LogP contribution < -0.4 is 10.9 Å². The van der Waals surface area contributed by atoms with Crippen molar-refractivity contribution in [2.24, 2.45) is 5.84 Å². The van der Waals surface area contributed by atoms with E-state index in [1.165, 1.54) is 21.9 Å². The van der Waals surface area contributed by atoms with Gasteiger partial charge in [0, 0.05) is 32.8 Å². The molecule has 6 heteroatoms. The summed E-state index contributed by atoms with van der Waals surface area (Å²) in [5, 5.41) is 6.27. The highest BCUT2D eigenvalue weighted by Gasteiger charge is 2.24. The Balaban J connectivity index is 1.25. The lowest BCUT2D eigenvalue weighted by molar-refractivity contribution is 0.620. The molecule has 3 heterocycles. The normalized spacial score (nSPS) is 11.7. The van der Waals surface area contributed by atoms with Crippen LogP contribution in [0.1, 0.15) is 0 Å². The van der Waals surface area contributed by atoms with Gasteiger partial charge in [0.15, 0.2) is 5.58 Å². The van der Waals surface area contributed by atoms with Gasteiger partial charge in [0.25, 0.3) is 0 Å². The predicted octanol–water partition coefficient (Wildman–Crippen LogP) is 12.4. The molecule has 0 aliphatic heterocycles. The van der Waals surface area contributed by atoms with Crippen molar-refractivity contribution in [3.8, 4) is 34.0 Å². The monoisotopic (exact) mass is 707 g/mol. The average molecular weight is 708 g/mol. The molecule has 11 rings (SSSR count). The van der Waals surface area contributed by atoms with E-state index in [4.69, 9.17) is 15.2 Å². The lowest BCUT2D eigenvalue weighted by Gasteiger charge is -2.20. The molecule has 0 fully saturated rings. The fourth-order valence-corrected chi connectivity index (χ4v) is 8.33. The maximum absolute atomic E-state index is 6.79. The summed E-state index contributed by atoms with van der Waals surface area (Å²) in [7, 11) is 0. The van der Waals surface area contributed by atoms with Gasteiger partial charge in [0.2, 0.25) is 5.89 Å². The fraction of sp³-hybridized carbons (Fsp3) is 0. The Hall–Kier alpha value is -7.41. The minimum absolute atomic E-state index is 0.597. The second-order valence-electron chi connectivity index (χ2n) is 13.8. The third-order valence-corrected chi connectivity index (χ3v) is 10.7. The summed E-state index contributed by atoms with van der Waals surface area (Å²) in [5.74, 6) is 7.38. The molecule has 0 spiro atoms. The van der Waals surface area contributed by atoms with Crippen LogP contribution in [0.3, 0.4) is 0 Å². The van der Waals surface area contributed by atoms with E-state index in [0.717, 1.165) is 72.3 Å². The van der Waals surface area contributed by atoms with Crippen molar-refractivity contribution >= 4 is 66.1 Å². The van der Waals surface area contributed by atoms with Crippen molar-refractivity contribution in [3.63, 3.8) is 0 Å². The Labute approximate surface area is 316 Å². The van der Waals surface area contributed by atoms with E-state index in [-0.39, 0.29) is 0 Å². The molecule has 55 heavy (non-hydrogen) atoms. The quantitative estimate of drug-likeness (QED) is 0.138. The molecule has 0 atom stereocenters. The van der Waals surface area contributed by atoms with Crippen LogP contribution in [0.4, 0.5) is 11.4 Å². The predicted molar refractivity (Wildman–Crippen MR) is 226 cm³/mol. The van der Waals surface area contributed by atoms with E-state index >= 15 is 0 Å². The van der Waals surface area contributed by atoms with Gasteiger partial charge >= 0.3 is 0 Å². The number of oxazole rings is 1. The zero-order valence-electron chi connectivity index (χ0n) is 29.7. The number of hydrazine groups is 1. The van der Waals surface area contributed by atoms with E-state index in [0.29, 0.717) is 5.89 Å². The lowest BCUT2D eigenvalue weighted by atomic mass is 9.99. The molecule has 0 aliphatic carbocycles. The number of para-hydroxylation sites is 3. The molecule has 0 aliphatic rings. The molecule has 3 aromatic heterocycles. The van der Waals surface area contributed by atoms with Crippen LogP contribution in [0.5, 0.6) is 0 Å². The molecule has 0 saturated carbocycles. The van der Waals surface area contributed by atoms with Crippen molar-refractivity contribution in [2.75, 3.05) is 5.01 Å². The zero-order chi connectivity index (χ0) is 36.5. The molecule has 0 bridgehead atoms. The third kappa shape index (κ3) is 4.82. The maximum Gasteiger partial charge on any atom is 0.227 e. The molecular formula is C49H33N5O. The van der Waals surface area contributed by atoms with Crippen LogP contribution in [0.2, 0.25) is 0 Å². The number of hydrogen-bond donors (Lipinski definition) is 1. The summed E-state index contributed by atoms with van der Waals surface area (Å²) in [6.45, 7) is 0. The second-order valence-corrected chi connectivity index (χ2v) is 13.8. The van der Waals surface area contributed by atoms with Crippen molar-refractivity contribution in [1.29, 1.82) is 0 Å². The number of benzene rings is 8. The van der Waals surface area contributed by atoms with Crippen molar-refractivity contribution in [2.45, 2.75) is 0 Å². The number of hydrogen-bond acceptors (Lipinski definition) is 4. The van der Waals surface area contributed by atoms with Crippen LogP contribution in [0, 0.1) is 0 Å². The van der Waals surface area contributed by atoms with Crippen LogP contribution in [0.15, 0.2) is 192 Å². The first kappa shape index (κ1) is 31.1. The van der Waals surface area contributed by atoms with Crippen molar-refractivity contribution < 1.29 is 4.42 Å². The number of rotatable bonds is 6. The first-order chi connectivity index (χ1) is 27.2. The van der Waals surface area contributed by atoms with E-state index < -0.39 is 0 Å². The van der Waals surface area contributed by atoms with Crippen LogP contribution >= 0.6 is 0 Å². The Morgan fingerprint density at radius 3 is 1.95 bits per heavy atom. The van der Waals surface area contributed by atoms with E-state index in [2.05, 4.69) is 124 Å². The Kier molecular flexibility index (Phi) is 6.99. The lowest BCUT2D eigenvalue weighted by Crippen LogP contribution is -2.24. The molecule has 0 radical (unpaired) electrons. The van der Waals surface area contributed by atoms with Gasteiger partial charge in [-0.1, -0.05) is 115 Å². The highest BCUT2D eigenvalue weighted by molar-refractivity contribution is 6.22. The van der Waals surface area contributed by atoms with Gasteiger partial charge in [-0.15, -0.1) is 0 Å². The summed E-state index contributed by atoms with van der Waals surface area (Å²) in [6.07, 6.45) is 0. The summed E-state index contributed by atoms with van der Waals surface area (Å²) >= 11 is 0. The average Bonchev–Trinajstić information content (AvgIpc) is 3.95. The van der Waals surface area contributed by atoms with Gasteiger partial charge < -0.3 is 13.6 Å². The number of anilines is 2.